The summed E-state index contributed by atoms with van der Waals surface area (Å²) < 4.78 is 0. The van der Waals surface area contributed by atoms with Crippen molar-refractivity contribution in [3.63, 3.8) is 0 Å². The molecule has 0 aliphatic heterocycles. The molecule has 15 heavy (non-hydrogen) atoms. The highest BCUT2D eigenvalue weighted by atomic mass is 16.1. The van der Waals surface area contributed by atoms with Crippen LogP contribution in [-0.4, -0.2) is 5.78 Å². The Morgan fingerprint density at radius 3 is 2.80 bits per heavy atom. The Morgan fingerprint density at radius 2 is 2.07 bits per heavy atom. The molecule has 0 N–H and O–H groups in total. The third-order valence-corrected chi connectivity index (χ3v) is 3.65. The van der Waals surface area contributed by atoms with Gasteiger partial charge in [-0.25, -0.2) is 0 Å². The highest BCUT2D eigenvalue weighted by Crippen LogP contribution is 2.31. The zero-order valence-corrected chi connectivity index (χ0v) is 9.54. The first kappa shape index (κ1) is 10.7. The van der Waals surface area contributed by atoms with Gasteiger partial charge in [0.15, 0.2) is 0 Å². The molecule has 1 heteroatoms. The predicted octanol–water partition coefficient (Wildman–Crippen LogP) is 3.66. The lowest BCUT2D eigenvalue weighted by Gasteiger charge is -2.16. The van der Waals surface area contributed by atoms with E-state index in [0.29, 0.717) is 5.78 Å². The smallest absolute Gasteiger partial charge is 0.140 e. The lowest BCUT2D eigenvalue weighted by Crippen LogP contribution is -2.14. The molecule has 0 heterocycles. The maximum absolute atomic E-state index is 12.0. The van der Waals surface area contributed by atoms with Crippen LogP contribution >= 0.6 is 0 Å². The molecule has 1 nitrogen and oxygen atoms in total. The van der Waals surface area contributed by atoms with E-state index in [2.05, 4.69) is 25.2 Å². The van der Waals surface area contributed by atoms with Gasteiger partial charge in [0, 0.05) is 12.3 Å². The van der Waals surface area contributed by atoms with Gasteiger partial charge in [-0.15, -0.1) is 0 Å². The van der Waals surface area contributed by atoms with Crippen molar-refractivity contribution in [2.45, 2.75) is 45.4 Å². The first-order chi connectivity index (χ1) is 7.27. The molecule has 0 aromatic heterocycles. The van der Waals surface area contributed by atoms with Gasteiger partial charge >= 0.3 is 0 Å². The van der Waals surface area contributed by atoms with Crippen molar-refractivity contribution in [2.75, 3.05) is 0 Å². The fraction of sp³-hybridized carbons (Fsp3) is 0.643. The minimum absolute atomic E-state index is 0.214. The maximum Gasteiger partial charge on any atom is 0.140 e. The number of rotatable bonds is 1. The molecule has 0 aromatic rings. The zero-order chi connectivity index (χ0) is 10.7. The minimum atomic E-state index is 0.214. The summed E-state index contributed by atoms with van der Waals surface area (Å²) in [5.41, 5.74) is 1.29. The molecule has 0 saturated heterocycles. The number of allylic oxidation sites excluding steroid dienone is 4. The van der Waals surface area contributed by atoms with Crippen molar-refractivity contribution in [2.24, 2.45) is 11.8 Å². The van der Waals surface area contributed by atoms with Crippen LogP contribution in [0.4, 0.5) is 0 Å². The van der Waals surface area contributed by atoms with Crippen LogP contribution in [0, 0.1) is 11.8 Å². The highest BCUT2D eigenvalue weighted by molar-refractivity contribution is 5.84. The van der Waals surface area contributed by atoms with Gasteiger partial charge in [-0.2, -0.15) is 0 Å². The molecule has 0 spiro atoms. The highest BCUT2D eigenvalue weighted by Gasteiger charge is 2.25. The number of carbonyl (C=O) groups is 1. The molecule has 0 bridgehead atoms. The lowest BCUT2D eigenvalue weighted by atomic mass is 9.87. The van der Waals surface area contributed by atoms with E-state index in [9.17, 15) is 4.79 Å². The third kappa shape index (κ3) is 2.58. The summed E-state index contributed by atoms with van der Waals surface area (Å²) in [7, 11) is 0. The average Bonchev–Trinajstić information content (AvgIpc) is 2.43. The van der Waals surface area contributed by atoms with Crippen molar-refractivity contribution in [3.05, 3.63) is 23.8 Å². The Hall–Kier alpha value is -0.850. The van der Waals surface area contributed by atoms with Gasteiger partial charge in [-0.3, -0.25) is 4.79 Å². The van der Waals surface area contributed by atoms with Gasteiger partial charge in [-0.1, -0.05) is 25.2 Å². The summed E-state index contributed by atoms with van der Waals surface area (Å²) in [5, 5.41) is 0. The summed E-state index contributed by atoms with van der Waals surface area (Å²) >= 11 is 0. The van der Waals surface area contributed by atoms with Gasteiger partial charge < -0.3 is 0 Å². The topological polar surface area (TPSA) is 17.1 Å². The van der Waals surface area contributed by atoms with Crippen LogP contribution in [0.2, 0.25) is 0 Å². The standard InChI is InChI=1S/C14H20O/c1-11-7-9-13(14(15)10-8-11)12-5-3-2-4-6-12/h3,5-6,11,13H,2,4,7-10H2,1H3. The SMILES string of the molecule is CC1CCC(=O)C(C2=CCCC=C2)CC1. The Bertz CT molecular complexity index is 298. The summed E-state index contributed by atoms with van der Waals surface area (Å²) in [4.78, 5) is 12.0. The van der Waals surface area contributed by atoms with Crippen molar-refractivity contribution in [3.8, 4) is 0 Å². The summed E-state index contributed by atoms with van der Waals surface area (Å²) in [6.45, 7) is 2.26. The van der Waals surface area contributed by atoms with Gasteiger partial charge in [0.05, 0.1) is 0 Å². The molecule has 0 radical (unpaired) electrons. The van der Waals surface area contributed by atoms with Crippen molar-refractivity contribution >= 4 is 5.78 Å². The monoisotopic (exact) mass is 204 g/mol. The second-order valence-electron chi connectivity index (χ2n) is 4.92. The van der Waals surface area contributed by atoms with E-state index in [1.165, 1.54) is 12.0 Å². The van der Waals surface area contributed by atoms with E-state index in [0.717, 1.165) is 38.0 Å². The average molecular weight is 204 g/mol. The molecule has 1 fully saturated rings. The van der Waals surface area contributed by atoms with E-state index >= 15 is 0 Å². The van der Waals surface area contributed by atoms with Crippen LogP contribution in [0.5, 0.6) is 0 Å². The first-order valence-electron chi connectivity index (χ1n) is 6.16. The molecule has 0 amide bonds. The van der Waals surface area contributed by atoms with E-state index in [1.807, 2.05) is 0 Å². The molecular formula is C14H20O. The molecular weight excluding hydrogens is 184 g/mol. The van der Waals surface area contributed by atoms with Crippen LogP contribution in [0.15, 0.2) is 23.8 Å². The van der Waals surface area contributed by atoms with Crippen LogP contribution in [0.3, 0.4) is 0 Å². The molecule has 2 atom stereocenters. The second-order valence-corrected chi connectivity index (χ2v) is 4.92. The summed E-state index contributed by atoms with van der Waals surface area (Å²) in [6.07, 6.45) is 13.0. The summed E-state index contributed by atoms with van der Waals surface area (Å²) in [5.74, 6) is 1.41. The van der Waals surface area contributed by atoms with E-state index in [1.54, 1.807) is 0 Å². The number of Topliss-reactive ketones (excluding diaryl/α,β-unsaturated/α-hetero) is 1. The van der Waals surface area contributed by atoms with Gasteiger partial charge in [0.1, 0.15) is 5.78 Å². The Kier molecular flexibility index (Phi) is 3.40. The molecule has 0 aromatic carbocycles. The third-order valence-electron chi connectivity index (χ3n) is 3.65. The quantitative estimate of drug-likeness (QED) is 0.596. The van der Waals surface area contributed by atoms with Gasteiger partial charge in [0.2, 0.25) is 0 Å². The fourth-order valence-corrected chi connectivity index (χ4v) is 2.56. The van der Waals surface area contributed by atoms with Gasteiger partial charge in [0.25, 0.3) is 0 Å². The predicted molar refractivity (Wildman–Crippen MR) is 62.6 cm³/mol. The van der Waals surface area contributed by atoms with Crippen LogP contribution in [-0.2, 0) is 4.79 Å². The normalized spacial score (nSPS) is 32.3. The van der Waals surface area contributed by atoms with Crippen LogP contribution in [0.25, 0.3) is 0 Å². The number of carbonyl (C=O) groups excluding carboxylic acids is 1. The van der Waals surface area contributed by atoms with Crippen molar-refractivity contribution in [1.82, 2.24) is 0 Å². The molecule has 2 aliphatic rings. The number of hydrogen-bond acceptors (Lipinski definition) is 1. The van der Waals surface area contributed by atoms with Crippen LogP contribution in [0.1, 0.15) is 45.4 Å². The number of hydrogen-bond donors (Lipinski definition) is 0. The molecule has 1 saturated carbocycles. The van der Waals surface area contributed by atoms with Crippen molar-refractivity contribution < 1.29 is 4.79 Å². The Labute approximate surface area is 92.3 Å². The van der Waals surface area contributed by atoms with Gasteiger partial charge in [-0.05, 0) is 43.6 Å². The van der Waals surface area contributed by atoms with E-state index in [-0.39, 0.29) is 5.92 Å². The lowest BCUT2D eigenvalue weighted by molar-refractivity contribution is -0.121. The molecule has 2 rings (SSSR count). The maximum atomic E-state index is 12.0. The fourth-order valence-electron chi connectivity index (χ4n) is 2.56. The molecule has 2 unspecified atom stereocenters. The van der Waals surface area contributed by atoms with E-state index in [4.69, 9.17) is 0 Å². The zero-order valence-electron chi connectivity index (χ0n) is 9.54. The molecule has 82 valence electrons. The Balaban J connectivity index is 2.09. The van der Waals surface area contributed by atoms with E-state index < -0.39 is 0 Å². The minimum Gasteiger partial charge on any atom is -0.299 e. The van der Waals surface area contributed by atoms with Crippen LogP contribution < -0.4 is 0 Å². The number of ketones is 1. The Morgan fingerprint density at radius 1 is 1.20 bits per heavy atom. The van der Waals surface area contributed by atoms with Crippen molar-refractivity contribution in [1.29, 1.82) is 0 Å². The first-order valence-corrected chi connectivity index (χ1v) is 6.16. The second kappa shape index (κ2) is 4.78. The molecule has 2 aliphatic carbocycles. The largest absolute Gasteiger partial charge is 0.299 e. The summed E-state index contributed by atoms with van der Waals surface area (Å²) in [6, 6.07) is 0.